The van der Waals surface area contributed by atoms with E-state index in [4.69, 9.17) is 4.74 Å². The number of halogens is 1. The summed E-state index contributed by atoms with van der Waals surface area (Å²) < 4.78 is 5.53. The molecule has 2 rings (SSSR count). The first-order chi connectivity index (χ1) is 14.2. The first-order valence-corrected chi connectivity index (χ1v) is 12.0. The predicted octanol–water partition coefficient (Wildman–Crippen LogP) is 4.98. The Bertz CT molecular complexity index is 702. The third-order valence-electron chi connectivity index (χ3n) is 4.89. The smallest absolute Gasteiger partial charge is 0.410 e. The van der Waals surface area contributed by atoms with Gasteiger partial charge >= 0.3 is 6.09 Å². The SMILES string of the molecule is CCNC(=NCc1nc(C(C)C)cs1)NCCC1CCCN(C(=O)OC(C)(C)C)C1.I. The van der Waals surface area contributed by atoms with Gasteiger partial charge in [-0.05, 0) is 58.8 Å². The van der Waals surface area contributed by atoms with Crippen molar-refractivity contribution >= 4 is 47.4 Å². The van der Waals surface area contributed by atoms with Gasteiger partial charge in [0, 0.05) is 31.6 Å². The Balaban J connectivity index is 0.00000480. The van der Waals surface area contributed by atoms with E-state index in [2.05, 4.69) is 46.8 Å². The van der Waals surface area contributed by atoms with Crippen LogP contribution in [0.1, 0.15) is 77.4 Å². The monoisotopic (exact) mass is 565 g/mol. The van der Waals surface area contributed by atoms with Crippen molar-refractivity contribution in [3.05, 3.63) is 16.1 Å². The zero-order chi connectivity index (χ0) is 22.1. The minimum Gasteiger partial charge on any atom is -0.444 e. The fourth-order valence-electron chi connectivity index (χ4n) is 3.34. The second-order valence-corrected chi connectivity index (χ2v) is 10.1. The number of guanidine groups is 1. The molecule has 1 saturated heterocycles. The van der Waals surface area contributed by atoms with Crippen LogP contribution in [-0.2, 0) is 11.3 Å². The van der Waals surface area contributed by atoms with Crippen LogP contribution in [-0.4, -0.2) is 53.7 Å². The summed E-state index contributed by atoms with van der Waals surface area (Å²) in [7, 11) is 0. The number of ether oxygens (including phenoxy) is 1. The summed E-state index contributed by atoms with van der Waals surface area (Å²) in [4.78, 5) is 23.5. The third kappa shape index (κ3) is 10.4. The number of hydrogen-bond donors (Lipinski definition) is 2. The van der Waals surface area contributed by atoms with E-state index >= 15 is 0 Å². The van der Waals surface area contributed by atoms with Crippen molar-refractivity contribution < 1.29 is 9.53 Å². The number of carbonyl (C=O) groups is 1. The Labute approximate surface area is 208 Å². The van der Waals surface area contributed by atoms with Crippen molar-refractivity contribution in [2.75, 3.05) is 26.2 Å². The lowest BCUT2D eigenvalue weighted by molar-refractivity contribution is 0.0162. The molecule has 0 saturated carbocycles. The fraction of sp³-hybridized carbons (Fsp3) is 0.773. The van der Waals surface area contributed by atoms with E-state index in [0.717, 1.165) is 62.1 Å². The maximum absolute atomic E-state index is 12.3. The minimum atomic E-state index is -0.448. The molecule has 1 aromatic heterocycles. The van der Waals surface area contributed by atoms with Crippen LogP contribution >= 0.6 is 35.3 Å². The largest absolute Gasteiger partial charge is 0.444 e. The maximum atomic E-state index is 12.3. The molecular weight excluding hydrogens is 525 g/mol. The zero-order valence-corrected chi connectivity index (χ0v) is 23.0. The molecule has 0 aliphatic carbocycles. The van der Waals surface area contributed by atoms with Crippen molar-refractivity contribution in [3.63, 3.8) is 0 Å². The average molecular weight is 566 g/mol. The van der Waals surface area contributed by atoms with E-state index in [1.165, 1.54) is 0 Å². The molecule has 1 aliphatic heterocycles. The maximum Gasteiger partial charge on any atom is 0.410 e. The van der Waals surface area contributed by atoms with Gasteiger partial charge in [-0.15, -0.1) is 35.3 Å². The molecule has 2 heterocycles. The Morgan fingerprint density at radius 1 is 1.39 bits per heavy atom. The first kappa shape index (κ1) is 27.9. The van der Waals surface area contributed by atoms with Gasteiger partial charge in [-0.25, -0.2) is 14.8 Å². The highest BCUT2D eigenvalue weighted by Gasteiger charge is 2.27. The molecule has 1 unspecified atom stereocenters. The van der Waals surface area contributed by atoms with Crippen LogP contribution in [0.2, 0.25) is 0 Å². The van der Waals surface area contributed by atoms with E-state index in [1.807, 2.05) is 25.7 Å². The second-order valence-electron chi connectivity index (χ2n) is 9.17. The van der Waals surface area contributed by atoms with Crippen LogP contribution in [0.15, 0.2) is 10.4 Å². The van der Waals surface area contributed by atoms with E-state index in [1.54, 1.807) is 11.3 Å². The number of piperidine rings is 1. The number of thiazole rings is 1. The Morgan fingerprint density at radius 3 is 2.74 bits per heavy atom. The molecule has 9 heteroatoms. The van der Waals surface area contributed by atoms with Gasteiger partial charge in [0.15, 0.2) is 5.96 Å². The molecule has 0 spiro atoms. The summed E-state index contributed by atoms with van der Waals surface area (Å²) in [5.74, 6) is 1.74. The summed E-state index contributed by atoms with van der Waals surface area (Å²) in [5.41, 5.74) is 0.686. The quantitative estimate of drug-likeness (QED) is 0.277. The lowest BCUT2D eigenvalue weighted by Crippen LogP contribution is -2.44. The van der Waals surface area contributed by atoms with Crippen LogP contribution in [0.5, 0.6) is 0 Å². The van der Waals surface area contributed by atoms with Gasteiger partial charge in [-0.1, -0.05) is 13.8 Å². The highest BCUT2D eigenvalue weighted by molar-refractivity contribution is 14.0. The first-order valence-electron chi connectivity index (χ1n) is 11.1. The predicted molar refractivity (Wildman–Crippen MR) is 140 cm³/mol. The van der Waals surface area contributed by atoms with E-state index in [-0.39, 0.29) is 30.1 Å². The van der Waals surface area contributed by atoms with Gasteiger partial charge < -0.3 is 20.3 Å². The number of aliphatic imine (C=N–C) groups is 1. The summed E-state index contributed by atoms with van der Waals surface area (Å²) in [6.45, 7) is 15.9. The summed E-state index contributed by atoms with van der Waals surface area (Å²) >= 11 is 1.67. The molecule has 7 nitrogen and oxygen atoms in total. The summed E-state index contributed by atoms with van der Waals surface area (Å²) in [6.07, 6.45) is 2.98. The van der Waals surface area contributed by atoms with Crippen LogP contribution in [0.4, 0.5) is 4.79 Å². The number of hydrogen-bond acceptors (Lipinski definition) is 5. The van der Waals surface area contributed by atoms with Crippen molar-refractivity contribution in [1.29, 1.82) is 0 Å². The molecule has 2 N–H and O–H groups in total. The molecule has 0 aromatic carbocycles. The van der Waals surface area contributed by atoms with Gasteiger partial charge in [0.2, 0.25) is 0 Å². The molecule has 1 aromatic rings. The zero-order valence-electron chi connectivity index (χ0n) is 19.9. The fourth-order valence-corrected chi connectivity index (χ4v) is 4.22. The summed E-state index contributed by atoms with van der Waals surface area (Å²) in [5, 5.41) is 9.89. The van der Waals surface area contributed by atoms with Crippen LogP contribution in [0, 0.1) is 5.92 Å². The normalized spacial score (nSPS) is 17.3. The molecule has 1 atom stereocenters. The van der Waals surface area contributed by atoms with Crippen molar-refractivity contribution in [2.24, 2.45) is 10.9 Å². The number of carbonyl (C=O) groups excluding carboxylic acids is 1. The van der Waals surface area contributed by atoms with Crippen LogP contribution in [0.3, 0.4) is 0 Å². The molecule has 1 fully saturated rings. The van der Waals surface area contributed by atoms with Gasteiger partial charge in [0.25, 0.3) is 0 Å². The number of amides is 1. The molecule has 0 bridgehead atoms. The highest BCUT2D eigenvalue weighted by Crippen LogP contribution is 2.21. The van der Waals surface area contributed by atoms with Crippen molar-refractivity contribution in [1.82, 2.24) is 20.5 Å². The molecule has 31 heavy (non-hydrogen) atoms. The Hall–Kier alpha value is -1.10. The lowest BCUT2D eigenvalue weighted by atomic mass is 9.95. The molecule has 178 valence electrons. The highest BCUT2D eigenvalue weighted by atomic mass is 127. The number of nitrogens with zero attached hydrogens (tertiary/aromatic N) is 3. The van der Waals surface area contributed by atoms with E-state index in [9.17, 15) is 4.79 Å². The number of likely N-dealkylation sites (tertiary alicyclic amines) is 1. The van der Waals surface area contributed by atoms with Crippen LogP contribution < -0.4 is 10.6 Å². The summed E-state index contributed by atoms with van der Waals surface area (Å²) in [6, 6.07) is 0. The van der Waals surface area contributed by atoms with Crippen LogP contribution in [0.25, 0.3) is 0 Å². The van der Waals surface area contributed by atoms with E-state index < -0.39 is 5.60 Å². The Morgan fingerprint density at radius 2 is 2.13 bits per heavy atom. The van der Waals surface area contributed by atoms with Gasteiger partial charge in [0.05, 0.1) is 12.2 Å². The van der Waals surface area contributed by atoms with Crippen molar-refractivity contribution in [2.45, 2.75) is 78.9 Å². The minimum absolute atomic E-state index is 0. The topological polar surface area (TPSA) is 78.9 Å². The lowest BCUT2D eigenvalue weighted by Gasteiger charge is -2.34. The molecule has 1 aliphatic rings. The van der Waals surface area contributed by atoms with Gasteiger partial charge in [-0.3, -0.25) is 0 Å². The van der Waals surface area contributed by atoms with E-state index in [0.29, 0.717) is 18.4 Å². The molecule has 0 radical (unpaired) electrons. The number of nitrogens with one attached hydrogen (secondary N) is 2. The van der Waals surface area contributed by atoms with Gasteiger partial charge in [-0.2, -0.15) is 0 Å². The molecule has 1 amide bonds. The van der Waals surface area contributed by atoms with Crippen molar-refractivity contribution in [3.8, 4) is 0 Å². The molecular formula is C22H40IN5O2S. The number of rotatable bonds is 7. The average Bonchev–Trinajstić information content (AvgIpc) is 3.14. The Kier molecular flexibility index (Phi) is 12.1. The number of aromatic nitrogens is 1. The third-order valence-corrected chi connectivity index (χ3v) is 5.75. The standard InChI is InChI=1S/C22H39N5O2S.HI/c1-7-23-20(25-13-19-26-18(15-30-19)16(2)3)24-11-10-17-9-8-12-27(14-17)21(28)29-22(4,5)6;/h15-17H,7-14H2,1-6H3,(H2,23,24,25);1H. The van der Waals surface area contributed by atoms with Gasteiger partial charge in [0.1, 0.15) is 10.6 Å². The second kappa shape index (κ2) is 13.4.